The summed E-state index contributed by atoms with van der Waals surface area (Å²) in [6, 6.07) is 12.6. The second kappa shape index (κ2) is 11.2. The minimum absolute atomic E-state index is 0. The molecule has 0 heterocycles. The van der Waals surface area contributed by atoms with E-state index in [0.29, 0.717) is 5.92 Å². The van der Waals surface area contributed by atoms with E-state index in [1.54, 1.807) is 19.8 Å². The summed E-state index contributed by atoms with van der Waals surface area (Å²) in [5.74, 6) is 0.627. The second-order valence-corrected chi connectivity index (χ2v) is 11.3. The molecule has 0 radical (unpaired) electrons. The maximum absolute atomic E-state index is 2.57. The maximum Gasteiger partial charge on any atom is -1.00 e. The number of hydrogen-bond donors (Lipinski definition) is 0. The molecule has 0 nitrogen and oxygen atoms in total. The molecule has 0 bridgehead atoms. The number of unbranched alkanes of at least 4 members (excludes halogenated alkanes) is 1. The fourth-order valence-electron chi connectivity index (χ4n) is 3.31. The first-order valence-corrected chi connectivity index (χ1v) is 11.2. The Bertz CT molecular complexity index is 542. The second-order valence-electron chi connectivity index (χ2n) is 6.21. The van der Waals surface area contributed by atoms with E-state index in [1.165, 1.54) is 18.9 Å². The minimum Gasteiger partial charge on any atom is -1.00 e. The summed E-state index contributed by atoms with van der Waals surface area (Å²) in [7, 11) is -1.56. The molecule has 0 amide bonds. The van der Waals surface area contributed by atoms with Crippen LogP contribution in [0.15, 0.2) is 51.1 Å². The van der Waals surface area contributed by atoms with E-state index in [1.807, 2.05) is 0 Å². The van der Waals surface area contributed by atoms with Gasteiger partial charge in [-0.05, 0) is 0 Å². The van der Waals surface area contributed by atoms with Gasteiger partial charge < -0.3 is 37.2 Å². The molecular weight excluding hydrogens is 399 g/mol. The van der Waals surface area contributed by atoms with Crippen LogP contribution in [0.4, 0.5) is 0 Å². The Morgan fingerprint density at radius 1 is 1.09 bits per heavy atom. The van der Waals surface area contributed by atoms with Crippen molar-refractivity contribution >= 4 is 13.3 Å². The van der Waals surface area contributed by atoms with Crippen LogP contribution in [0, 0.1) is 5.92 Å². The molecule has 0 saturated carbocycles. The van der Waals surface area contributed by atoms with Crippen molar-refractivity contribution < 1.29 is 57.7 Å². The van der Waals surface area contributed by atoms with E-state index in [4.69, 9.17) is 0 Å². The summed E-state index contributed by atoms with van der Waals surface area (Å²) in [5, 5.41) is 3.29. The van der Waals surface area contributed by atoms with Gasteiger partial charge in [-0.2, -0.15) is 0 Å². The molecule has 1 aromatic carbocycles. The van der Waals surface area contributed by atoms with Gasteiger partial charge in [0.2, 0.25) is 0 Å². The van der Waals surface area contributed by atoms with Crippen molar-refractivity contribution in [3.63, 3.8) is 0 Å². The van der Waals surface area contributed by atoms with E-state index in [0.717, 1.165) is 0 Å². The normalized spacial score (nSPS) is 19.0. The predicted octanol–water partition coefficient (Wildman–Crippen LogP) is -4.28. The van der Waals surface area contributed by atoms with Gasteiger partial charge in [0.25, 0.3) is 0 Å². The smallest absolute Gasteiger partial charge is 1.00 e. The average Bonchev–Trinajstić information content (AvgIpc) is 2.74. The molecule has 126 valence electrons. The Labute approximate surface area is 173 Å². The van der Waals surface area contributed by atoms with E-state index < -0.39 is 8.07 Å². The summed E-state index contributed by atoms with van der Waals surface area (Å²) in [6.07, 6.45) is 5.19. The summed E-state index contributed by atoms with van der Waals surface area (Å²) >= 11 is 2.31. The zero-order chi connectivity index (χ0) is 14.8. The summed E-state index contributed by atoms with van der Waals surface area (Å²) in [6.45, 7) is 9.55. The van der Waals surface area contributed by atoms with Gasteiger partial charge in [0.1, 0.15) is 0 Å². The Balaban J connectivity index is 0. The van der Waals surface area contributed by atoms with E-state index in [9.17, 15) is 0 Å². The largest absolute Gasteiger partial charge is 1.00 e. The Morgan fingerprint density at radius 3 is 2.09 bits per heavy atom. The summed E-state index contributed by atoms with van der Waals surface area (Å²) < 4.78 is 1.58. The molecule has 0 spiro atoms. The fraction of sp³-hybridized carbons (Fsp3) is 0.444. The van der Waals surface area contributed by atoms with Crippen LogP contribution < -0.4 is 42.4 Å². The minimum atomic E-state index is -1.56. The Morgan fingerprint density at radius 2 is 1.65 bits per heavy atom. The molecule has 1 aromatic rings. The first kappa shape index (κ1) is 25.7. The number of halogens is 3. The molecule has 0 N–H and O–H groups in total. The number of allylic oxidation sites excluding steroid dienone is 4. The number of hydrogen-bond acceptors (Lipinski definition) is 0. The molecule has 1 aliphatic rings. The molecule has 2 atom stereocenters. The zero-order valence-corrected chi connectivity index (χ0v) is 19.1. The van der Waals surface area contributed by atoms with Gasteiger partial charge in [-0.1, -0.05) is 0 Å². The predicted molar refractivity (Wildman–Crippen MR) is 87.4 cm³/mol. The van der Waals surface area contributed by atoms with Gasteiger partial charge in [0, 0.05) is 0 Å². The SMILES string of the molecule is CCCC[Si](C)(C1=CC(C)[C]([Ti+3])=C1C)c1ccccc1.[Cl-].[Cl-].[Cl-]. The molecule has 0 aromatic heterocycles. The molecular formula is C18H25Cl3SiTi. The van der Waals surface area contributed by atoms with Crippen molar-refractivity contribution in [2.24, 2.45) is 5.92 Å². The topological polar surface area (TPSA) is 0 Å². The Hall–Kier alpha value is 0.501. The molecule has 0 fully saturated rings. The summed E-state index contributed by atoms with van der Waals surface area (Å²) in [5.41, 5.74) is 1.58. The molecule has 2 unspecified atom stereocenters. The van der Waals surface area contributed by atoms with Gasteiger partial charge in [-0.15, -0.1) is 0 Å². The van der Waals surface area contributed by atoms with Gasteiger partial charge in [-0.25, -0.2) is 0 Å². The van der Waals surface area contributed by atoms with Crippen LogP contribution in [0.5, 0.6) is 0 Å². The van der Waals surface area contributed by atoms with Crippen LogP contribution in [-0.2, 0) is 20.4 Å². The zero-order valence-electron chi connectivity index (χ0n) is 14.3. The third-order valence-corrected chi connectivity index (χ3v) is 10.7. The van der Waals surface area contributed by atoms with Crippen molar-refractivity contribution in [3.05, 3.63) is 51.1 Å². The number of benzene rings is 1. The van der Waals surface area contributed by atoms with Crippen LogP contribution in [0.2, 0.25) is 12.6 Å². The van der Waals surface area contributed by atoms with Crippen molar-refractivity contribution in [3.8, 4) is 0 Å². The van der Waals surface area contributed by atoms with Crippen molar-refractivity contribution in [1.29, 1.82) is 0 Å². The van der Waals surface area contributed by atoms with Gasteiger partial charge in [-0.3, -0.25) is 0 Å². The number of rotatable bonds is 5. The van der Waals surface area contributed by atoms with Crippen molar-refractivity contribution in [2.75, 3.05) is 0 Å². The Kier molecular flexibility index (Phi) is 12.5. The van der Waals surface area contributed by atoms with Crippen LogP contribution in [0.25, 0.3) is 0 Å². The fourth-order valence-corrected chi connectivity index (χ4v) is 8.29. The monoisotopic (exact) mass is 422 g/mol. The van der Waals surface area contributed by atoms with Crippen LogP contribution >= 0.6 is 0 Å². The van der Waals surface area contributed by atoms with E-state index >= 15 is 0 Å². The average molecular weight is 424 g/mol. The molecule has 2 rings (SSSR count). The van der Waals surface area contributed by atoms with E-state index in [2.05, 4.69) is 84.2 Å². The first-order chi connectivity index (χ1) is 9.50. The third kappa shape index (κ3) is 5.49. The van der Waals surface area contributed by atoms with Gasteiger partial charge in [0.05, 0.1) is 0 Å². The quantitative estimate of drug-likeness (QED) is 0.421. The van der Waals surface area contributed by atoms with E-state index in [-0.39, 0.29) is 37.2 Å². The molecule has 23 heavy (non-hydrogen) atoms. The molecule has 5 heteroatoms. The van der Waals surface area contributed by atoms with Crippen molar-refractivity contribution in [2.45, 2.75) is 46.2 Å². The standard InChI is InChI=1S/C18H25Si.3ClH.Ti/c1-5-6-12-19(4,17-10-8-7-9-11-17)18-14-15(2)13-16(18)3;;;;/h7-11,14-15H,5-6,12H2,1-4H3;3*1H;/q;;;;+3/p-3. The molecule has 0 saturated heterocycles. The van der Waals surface area contributed by atoms with Crippen LogP contribution in [0.1, 0.15) is 33.6 Å². The molecule has 0 aliphatic heterocycles. The molecule has 1 aliphatic carbocycles. The van der Waals surface area contributed by atoms with Gasteiger partial charge >= 0.3 is 137 Å². The summed E-state index contributed by atoms with van der Waals surface area (Å²) in [4.78, 5) is 0. The maximum atomic E-state index is 2.57. The van der Waals surface area contributed by atoms with Crippen LogP contribution in [0.3, 0.4) is 0 Å². The third-order valence-electron chi connectivity index (χ3n) is 4.72. The van der Waals surface area contributed by atoms with Crippen LogP contribution in [-0.4, -0.2) is 8.07 Å². The van der Waals surface area contributed by atoms with Crippen molar-refractivity contribution in [1.82, 2.24) is 0 Å². The first-order valence-electron chi connectivity index (χ1n) is 7.71. The van der Waals surface area contributed by atoms with Gasteiger partial charge in [0.15, 0.2) is 0 Å².